The zero-order valence-corrected chi connectivity index (χ0v) is 9.38. The Hall–Kier alpha value is -2.44. The van der Waals surface area contributed by atoms with Crippen LogP contribution in [0.3, 0.4) is 0 Å². The molecule has 0 fully saturated rings. The van der Waals surface area contributed by atoms with Gasteiger partial charge in [0.25, 0.3) is 0 Å². The Morgan fingerprint density at radius 3 is 3.12 bits per heavy atom. The van der Waals surface area contributed by atoms with Gasteiger partial charge in [0, 0.05) is 10.5 Å². The molecule has 1 rings (SSSR count). The average Bonchev–Trinajstić information content (AvgIpc) is 2.35. The number of nitrogens with zero attached hydrogens (tertiary/aromatic N) is 3. The number of esters is 1. The van der Waals surface area contributed by atoms with Crippen molar-refractivity contribution in [2.24, 2.45) is 5.11 Å². The monoisotopic (exact) mass is 229 g/mol. The molecule has 0 aliphatic carbocycles. The smallest absolute Gasteiger partial charge is 0.309 e. The van der Waals surface area contributed by atoms with Crippen molar-refractivity contribution >= 4 is 5.97 Å². The molecule has 0 aliphatic heterocycles. The van der Waals surface area contributed by atoms with Gasteiger partial charge in [-0.05, 0) is 23.2 Å². The fourth-order valence-corrected chi connectivity index (χ4v) is 1.21. The molecule has 0 spiro atoms. The largest absolute Gasteiger partial charge is 0.469 e. The first kappa shape index (κ1) is 12.6. The molecule has 1 aromatic carbocycles. The third-order valence-corrected chi connectivity index (χ3v) is 1.95. The van der Waals surface area contributed by atoms with Gasteiger partial charge in [-0.3, -0.25) is 4.79 Å². The Morgan fingerprint density at radius 1 is 1.59 bits per heavy atom. The van der Waals surface area contributed by atoms with Gasteiger partial charge in [-0.2, -0.15) is 0 Å². The molecule has 0 unspecified atom stereocenters. The van der Waals surface area contributed by atoms with Gasteiger partial charge >= 0.3 is 5.97 Å². The first-order valence-corrected chi connectivity index (χ1v) is 4.91. The van der Waals surface area contributed by atoms with Gasteiger partial charge in [0.15, 0.2) is 0 Å². The van der Waals surface area contributed by atoms with Crippen LogP contribution in [0.5, 0.6) is 0 Å². The lowest BCUT2D eigenvalue weighted by Gasteiger charge is -2.00. The molecular weight excluding hydrogens is 218 g/mol. The third-order valence-electron chi connectivity index (χ3n) is 1.95. The Labute approximate surface area is 99.0 Å². The van der Waals surface area contributed by atoms with Gasteiger partial charge in [-0.15, -0.1) is 0 Å². The summed E-state index contributed by atoms with van der Waals surface area (Å²) < 4.78 is 4.58. The van der Waals surface area contributed by atoms with Crippen molar-refractivity contribution in [3.63, 3.8) is 0 Å². The van der Waals surface area contributed by atoms with E-state index in [1.165, 1.54) is 7.11 Å². The van der Waals surface area contributed by atoms with E-state index in [2.05, 4.69) is 26.6 Å². The zero-order valence-electron chi connectivity index (χ0n) is 9.38. The molecule has 0 aromatic heterocycles. The lowest BCUT2D eigenvalue weighted by atomic mass is 10.1. The lowest BCUT2D eigenvalue weighted by molar-refractivity contribution is -0.139. The SMILES string of the molecule is COC(=O)Cc1cccc(C#CCN=[N+]=[N-])c1. The maximum atomic E-state index is 11.1. The molecule has 5 nitrogen and oxygen atoms in total. The van der Waals surface area contributed by atoms with Gasteiger partial charge in [-0.1, -0.05) is 29.1 Å². The Kier molecular flexibility index (Phi) is 5.15. The van der Waals surface area contributed by atoms with Crippen molar-refractivity contribution < 1.29 is 9.53 Å². The predicted molar refractivity (Wildman–Crippen MR) is 63.1 cm³/mol. The van der Waals surface area contributed by atoms with Gasteiger partial charge < -0.3 is 4.74 Å². The van der Waals surface area contributed by atoms with Crippen LogP contribution < -0.4 is 0 Å². The zero-order chi connectivity index (χ0) is 12.5. The molecule has 0 radical (unpaired) electrons. The molecule has 1 aromatic rings. The molecule has 0 saturated heterocycles. The molecule has 17 heavy (non-hydrogen) atoms. The van der Waals surface area contributed by atoms with E-state index >= 15 is 0 Å². The number of carbonyl (C=O) groups excluding carboxylic acids is 1. The molecule has 86 valence electrons. The van der Waals surface area contributed by atoms with Crippen molar-refractivity contribution in [3.8, 4) is 11.8 Å². The van der Waals surface area contributed by atoms with Crippen LogP contribution in [-0.4, -0.2) is 19.6 Å². The molecule has 0 amide bonds. The number of ether oxygens (including phenoxy) is 1. The second kappa shape index (κ2) is 6.94. The predicted octanol–water partition coefficient (Wildman–Crippen LogP) is 2.06. The topological polar surface area (TPSA) is 75.1 Å². The van der Waals surface area contributed by atoms with Crippen LogP contribution in [-0.2, 0) is 16.0 Å². The first-order chi connectivity index (χ1) is 8.26. The maximum absolute atomic E-state index is 11.1. The molecule has 0 aliphatic rings. The summed E-state index contributed by atoms with van der Waals surface area (Å²) in [5, 5.41) is 3.30. The van der Waals surface area contributed by atoms with Crippen molar-refractivity contribution in [2.75, 3.05) is 13.7 Å². The van der Waals surface area contributed by atoms with Crippen molar-refractivity contribution in [1.29, 1.82) is 0 Å². The second-order valence-electron chi connectivity index (χ2n) is 3.14. The van der Waals surface area contributed by atoms with Crippen LogP contribution in [0.4, 0.5) is 0 Å². The number of rotatable bonds is 3. The third kappa shape index (κ3) is 4.74. The molecule has 0 bridgehead atoms. The van der Waals surface area contributed by atoms with E-state index in [4.69, 9.17) is 5.53 Å². The standard InChI is InChI=1S/C12H11N3O2/c1-17-12(16)9-11-5-2-4-10(8-11)6-3-7-14-15-13/h2,4-5,8H,7,9H2,1H3. The summed E-state index contributed by atoms with van der Waals surface area (Å²) in [6.45, 7) is 0.137. The quantitative estimate of drug-likeness (QED) is 0.261. The summed E-state index contributed by atoms with van der Waals surface area (Å²) in [5.41, 5.74) is 9.69. The van der Waals surface area contributed by atoms with E-state index in [1.54, 1.807) is 6.07 Å². The first-order valence-electron chi connectivity index (χ1n) is 4.91. The van der Waals surface area contributed by atoms with Crippen LogP contribution in [0.25, 0.3) is 10.4 Å². The van der Waals surface area contributed by atoms with E-state index in [9.17, 15) is 4.79 Å². The molecule has 0 atom stereocenters. The molecule has 5 heteroatoms. The van der Waals surface area contributed by atoms with E-state index in [0.717, 1.165) is 11.1 Å². The van der Waals surface area contributed by atoms with Gasteiger partial charge in [0.2, 0.25) is 0 Å². The summed E-state index contributed by atoms with van der Waals surface area (Å²) in [5.74, 6) is 5.27. The van der Waals surface area contributed by atoms with E-state index < -0.39 is 0 Å². The lowest BCUT2D eigenvalue weighted by Crippen LogP contribution is -2.04. The molecule has 0 saturated carbocycles. The van der Waals surface area contributed by atoms with E-state index in [1.807, 2.05) is 18.2 Å². The second-order valence-corrected chi connectivity index (χ2v) is 3.14. The van der Waals surface area contributed by atoms with Crippen molar-refractivity contribution in [1.82, 2.24) is 0 Å². The van der Waals surface area contributed by atoms with E-state index in [0.29, 0.717) is 0 Å². The summed E-state index contributed by atoms with van der Waals surface area (Å²) in [4.78, 5) is 13.7. The number of azide groups is 1. The Bertz CT molecular complexity index is 508. The number of benzene rings is 1. The highest BCUT2D eigenvalue weighted by atomic mass is 16.5. The fraction of sp³-hybridized carbons (Fsp3) is 0.250. The summed E-state index contributed by atoms with van der Waals surface area (Å²) in [6, 6.07) is 7.27. The van der Waals surface area contributed by atoms with Crippen LogP contribution in [0, 0.1) is 11.8 Å². The number of methoxy groups -OCH3 is 1. The minimum Gasteiger partial charge on any atom is -0.469 e. The highest BCUT2D eigenvalue weighted by Crippen LogP contribution is 2.05. The molecule has 0 N–H and O–H groups in total. The Morgan fingerprint density at radius 2 is 2.41 bits per heavy atom. The highest BCUT2D eigenvalue weighted by molar-refractivity contribution is 5.72. The van der Waals surface area contributed by atoms with Crippen molar-refractivity contribution in [3.05, 3.63) is 45.8 Å². The minimum absolute atomic E-state index is 0.137. The minimum atomic E-state index is -0.288. The van der Waals surface area contributed by atoms with E-state index in [-0.39, 0.29) is 18.9 Å². The van der Waals surface area contributed by atoms with Gasteiger partial charge in [0.1, 0.15) is 0 Å². The van der Waals surface area contributed by atoms with Gasteiger partial charge in [-0.25, -0.2) is 0 Å². The molecular formula is C12H11N3O2. The van der Waals surface area contributed by atoms with Crippen molar-refractivity contribution in [2.45, 2.75) is 6.42 Å². The van der Waals surface area contributed by atoms with Crippen LogP contribution in [0.15, 0.2) is 29.4 Å². The van der Waals surface area contributed by atoms with Gasteiger partial charge in [0.05, 0.1) is 20.1 Å². The maximum Gasteiger partial charge on any atom is 0.309 e. The number of carbonyl (C=O) groups is 1. The van der Waals surface area contributed by atoms with Crippen LogP contribution in [0.1, 0.15) is 11.1 Å². The summed E-state index contributed by atoms with van der Waals surface area (Å²) in [6.07, 6.45) is 0.225. The summed E-state index contributed by atoms with van der Waals surface area (Å²) >= 11 is 0. The average molecular weight is 229 g/mol. The molecule has 0 heterocycles. The summed E-state index contributed by atoms with van der Waals surface area (Å²) in [7, 11) is 1.35. The Balaban J connectivity index is 2.74. The van der Waals surface area contributed by atoms with Crippen LogP contribution in [0.2, 0.25) is 0 Å². The normalized spacial score (nSPS) is 8.53. The fourth-order valence-electron chi connectivity index (χ4n) is 1.21. The number of hydrogen-bond acceptors (Lipinski definition) is 3. The van der Waals surface area contributed by atoms with Crippen LogP contribution >= 0.6 is 0 Å². The highest BCUT2D eigenvalue weighted by Gasteiger charge is 2.02. The number of hydrogen-bond donors (Lipinski definition) is 0.